The Morgan fingerprint density at radius 1 is 1.50 bits per heavy atom. The third-order valence-corrected chi connectivity index (χ3v) is 1.64. The lowest BCUT2D eigenvalue weighted by molar-refractivity contribution is -0.0518. The van der Waals surface area contributed by atoms with Crippen LogP contribution in [0.5, 0.6) is 0 Å². The van der Waals surface area contributed by atoms with Gasteiger partial charge in [-0.05, 0) is 12.5 Å². The molecular formula is C5H3F3O3S. The predicted molar refractivity (Wildman–Crippen MR) is 34.0 cm³/mol. The van der Waals surface area contributed by atoms with Crippen molar-refractivity contribution in [3.05, 3.63) is 12.3 Å². The van der Waals surface area contributed by atoms with E-state index in [0.29, 0.717) is 0 Å². The summed E-state index contributed by atoms with van der Waals surface area (Å²) in [6, 6.07) is 0. The van der Waals surface area contributed by atoms with Crippen LogP contribution in [0.2, 0.25) is 0 Å². The maximum Gasteiger partial charge on any atom is 0.534 e. The SMILES string of the molecule is C#CC(=C)OS(=O)(=O)C(F)(F)F. The van der Waals surface area contributed by atoms with Crippen LogP contribution in [0.15, 0.2) is 12.3 Å². The number of hydrogen-bond donors (Lipinski definition) is 0. The molecule has 0 heterocycles. The van der Waals surface area contributed by atoms with Crippen molar-refractivity contribution in [3.63, 3.8) is 0 Å². The van der Waals surface area contributed by atoms with Crippen LogP contribution < -0.4 is 0 Å². The van der Waals surface area contributed by atoms with Crippen LogP contribution in [-0.4, -0.2) is 13.9 Å². The van der Waals surface area contributed by atoms with Crippen LogP contribution >= 0.6 is 0 Å². The molecule has 0 atom stereocenters. The fourth-order valence-electron chi connectivity index (χ4n) is 0.204. The van der Waals surface area contributed by atoms with Gasteiger partial charge in [0.15, 0.2) is 5.76 Å². The number of rotatable bonds is 2. The smallest absolute Gasteiger partial charge is 0.367 e. The second-order valence-electron chi connectivity index (χ2n) is 1.55. The molecule has 0 saturated carbocycles. The number of halogens is 3. The maximum absolute atomic E-state index is 11.5. The summed E-state index contributed by atoms with van der Waals surface area (Å²) in [7, 11) is -5.65. The highest BCUT2D eigenvalue weighted by molar-refractivity contribution is 7.87. The molecule has 0 bridgehead atoms. The lowest BCUT2D eigenvalue weighted by Gasteiger charge is -2.07. The lowest BCUT2D eigenvalue weighted by atomic mass is 10.6. The van der Waals surface area contributed by atoms with Gasteiger partial charge in [0.25, 0.3) is 0 Å². The number of alkyl halides is 3. The molecule has 0 N–H and O–H groups in total. The Morgan fingerprint density at radius 2 is 1.92 bits per heavy atom. The standard InChI is InChI=1S/C5H3F3O3S/c1-3-4(2)11-12(9,10)5(6,7)8/h1H,2H2. The summed E-state index contributed by atoms with van der Waals surface area (Å²) in [5, 5.41) is 0. The van der Waals surface area contributed by atoms with Crippen LogP contribution in [0.3, 0.4) is 0 Å². The van der Waals surface area contributed by atoms with Crippen molar-refractivity contribution in [1.82, 2.24) is 0 Å². The van der Waals surface area contributed by atoms with E-state index in [0.717, 1.165) is 0 Å². The Bertz CT molecular complexity index is 319. The van der Waals surface area contributed by atoms with Gasteiger partial charge in [0.05, 0.1) is 0 Å². The summed E-state index contributed by atoms with van der Waals surface area (Å²) in [5.41, 5.74) is -5.48. The van der Waals surface area contributed by atoms with Gasteiger partial charge in [-0.3, -0.25) is 0 Å². The van der Waals surface area contributed by atoms with Crippen molar-refractivity contribution < 1.29 is 25.8 Å². The van der Waals surface area contributed by atoms with Crippen LogP contribution in [0.4, 0.5) is 13.2 Å². The fourth-order valence-corrected chi connectivity index (χ4v) is 0.611. The van der Waals surface area contributed by atoms with E-state index >= 15 is 0 Å². The van der Waals surface area contributed by atoms with Gasteiger partial charge < -0.3 is 4.18 Å². The molecule has 12 heavy (non-hydrogen) atoms. The van der Waals surface area contributed by atoms with Gasteiger partial charge in [0.2, 0.25) is 0 Å². The van der Waals surface area contributed by atoms with E-state index in [-0.39, 0.29) is 0 Å². The molecule has 0 aromatic heterocycles. The maximum atomic E-state index is 11.5. The van der Waals surface area contributed by atoms with Crippen LogP contribution in [0.1, 0.15) is 0 Å². The highest BCUT2D eigenvalue weighted by Crippen LogP contribution is 2.25. The van der Waals surface area contributed by atoms with E-state index in [1.54, 1.807) is 0 Å². The zero-order valence-corrected chi connectivity index (χ0v) is 6.37. The molecule has 0 fully saturated rings. The van der Waals surface area contributed by atoms with E-state index < -0.39 is 21.4 Å². The summed E-state index contributed by atoms with van der Waals surface area (Å²) in [6.45, 7) is 2.73. The van der Waals surface area contributed by atoms with Gasteiger partial charge in [-0.15, -0.1) is 6.42 Å². The molecule has 0 rings (SSSR count). The lowest BCUT2D eigenvalue weighted by Crippen LogP contribution is -2.24. The van der Waals surface area contributed by atoms with Crippen LogP contribution in [0.25, 0.3) is 0 Å². The van der Waals surface area contributed by atoms with E-state index in [1.807, 2.05) is 0 Å². The van der Waals surface area contributed by atoms with Gasteiger partial charge in [0.1, 0.15) is 0 Å². The van der Waals surface area contributed by atoms with Gasteiger partial charge in [-0.25, -0.2) is 0 Å². The number of terminal acetylenes is 1. The average molecular weight is 200 g/mol. The summed E-state index contributed by atoms with van der Waals surface area (Å²) in [4.78, 5) is 0. The second kappa shape index (κ2) is 3.06. The Balaban J connectivity index is 4.72. The number of allylic oxidation sites excluding steroid dienone is 1. The molecule has 0 unspecified atom stereocenters. The minimum absolute atomic E-state index is 0.910. The molecule has 0 aromatic rings. The zero-order chi connectivity index (χ0) is 9.99. The average Bonchev–Trinajstić information content (AvgIpc) is 1.84. The van der Waals surface area contributed by atoms with Crippen molar-refractivity contribution in [2.24, 2.45) is 0 Å². The molecule has 68 valence electrons. The first-order valence-electron chi connectivity index (χ1n) is 2.37. The van der Waals surface area contributed by atoms with Crippen molar-refractivity contribution >= 4 is 10.1 Å². The van der Waals surface area contributed by atoms with E-state index in [4.69, 9.17) is 0 Å². The van der Waals surface area contributed by atoms with Crippen molar-refractivity contribution in [1.29, 1.82) is 0 Å². The second-order valence-corrected chi connectivity index (χ2v) is 3.09. The summed E-state index contributed by atoms with van der Waals surface area (Å²) < 4.78 is 58.1. The third-order valence-electron chi connectivity index (χ3n) is 0.655. The number of hydrogen-bond acceptors (Lipinski definition) is 3. The van der Waals surface area contributed by atoms with Gasteiger partial charge >= 0.3 is 15.6 Å². The molecule has 0 aromatic carbocycles. The van der Waals surface area contributed by atoms with Gasteiger partial charge in [-0.1, -0.05) is 0 Å². The highest BCUT2D eigenvalue weighted by atomic mass is 32.2. The summed E-state index contributed by atoms with van der Waals surface area (Å²) >= 11 is 0. The Labute approximate surface area is 67.0 Å². The first kappa shape index (κ1) is 10.8. The van der Waals surface area contributed by atoms with Gasteiger partial charge in [-0.2, -0.15) is 21.6 Å². The quantitative estimate of drug-likeness (QED) is 0.289. The van der Waals surface area contributed by atoms with Crippen LogP contribution in [0, 0.1) is 12.3 Å². The molecule has 0 aliphatic heterocycles. The van der Waals surface area contributed by atoms with Crippen molar-refractivity contribution in [2.45, 2.75) is 5.51 Å². The highest BCUT2D eigenvalue weighted by Gasteiger charge is 2.48. The first-order valence-corrected chi connectivity index (χ1v) is 3.78. The minimum Gasteiger partial charge on any atom is -0.367 e. The molecular weight excluding hydrogens is 197 g/mol. The van der Waals surface area contributed by atoms with E-state index in [2.05, 4.69) is 17.2 Å². The summed E-state index contributed by atoms with van der Waals surface area (Å²) in [6.07, 6.45) is 4.52. The normalized spacial score (nSPS) is 11.8. The largest absolute Gasteiger partial charge is 0.534 e. The third kappa shape index (κ3) is 2.47. The van der Waals surface area contributed by atoms with Crippen LogP contribution in [-0.2, 0) is 14.3 Å². The Hall–Kier alpha value is -1.16. The molecule has 7 heteroatoms. The monoisotopic (exact) mass is 200 g/mol. The molecule has 0 aliphatic carbocycles. The predicted octanol–water partition coefficient (Wildman–Crippen LogP) is 1.000. The minimum atomic E-state index is -5.65. The first-order chi connectivity index (χ1) is 5.20. The molecule has 0 amide bonds. The fraction of sp³-hybridized carbons (Fsp3) is 0.200. The van der Waals surface area contributed by atoms with E-state index in [1.165, 1.54) is 5.92 Å². The molecule has 0 aliphatic rings. The molecule has 0 spiro atoms. The van der Waals surface area contributed by atoms with Gasteiger partial charge in [0, 0.05) is 0 Å². The molecule has 0 radical (unpaired) electrons. The van der Waals surface area contributed by atoms with Crippen molar-refractivity contribution in [3.8, 4) is 12.3 Å². The molecule has 0 saturated heterocycles. The molecule has 3 nitrogen and oxygen atoms in total. The summed E-state index contributed by atoms with van der Waals surface area (Å²) in [5.74, 6) is 0.587. The van der Waals surface area contributed by atoms with Crippen molar-refractivity contribution in [2.75, 3.05) is 0 Å². The zero-order valence-electron chi connectivity index (χ0n) is 5.55. The van der Waals surface area contributed by atoms with E-state index in [9.17, 15) is 21.6 Å². The Kier molecular flexibility index (Phi) is 2.77. The topological polar surface area (TPSA) is 43.4 Å². The Morgan fingerprint density at radius 3 is 2.17 bits per heavy atom.